The van der Waals surface area contributed by atoms with Gasteiger partial charge in [-0.1, -0.05) is 0 Å². The van der Waals surface area contributed by atoms with Crippen LogP contribution in [0, 0.1) is 0 Å². The standard InChI is InChI=1S/C7H15NOS/c9-5-4-8-3-1-2-7(10)6-8/h7,9-10H,1-6H2. The molecule has 0 aliphatic carbocycles. The van der Waals surface area contributed by atoms with Crippen LogP contribution in [0.15, 0.2) is 0 Å². The summed E-state index contributed by atoms with van der Waals surface area (Å²) in [5, 5.41) is 9.17. The first-order valence-corrected chi connectivity index (χ1v) is 4.36. The van der Waals surface area contributed by atoms with E-state index >= 15 is 0 Å². The van der Waals surface area contributed by atoms with Gasteiger partial charge in [-0.2, -0.15) is 12.6 Å². The minimum absolute atomic E-state index is 0.278. The summed E-state index contributed by atoms with van der Waals surface area (Å²) in [6.45, 7) is 3.28. The van der Waals surface area contributed by atoms with Gasteiger partial charge < -0.3 is 5.11 Å². The van der Waals surface area contributed by atoms with Gasteiger partial charge in [0, 0.05) is 18.3 Å². The van der Waals surface area contributed by atoms with Gasteiger partial charge >= 0.3 is 0 Å². The maximum absolute atomic E-state index is 8.64. The lowest BCUT2D eigenvalue weighted by Crippen LogP contribution is -2.37. The van der Waals surface area contributed by atoms with Crippen molar-refractivity contribution in [1.29, 1.82) is 0 Å². The Labute approximate surface area is 67.6 Å². The highest BCUT2D eigenvalue weighted by Crippen LogP contribution is 2.13. The molecule has 1 unspecified atom stereocenters. The molecule has 0 radical (unpaired) electrons. The molecule has 3 heteroatoms. The van der Waals surface area contributed by atoms with Gasteiger partial charge in [-0.15, -0.1) is 0 Å². The number of hydrogen-bond donors (Lipinski definition) is 2. The number of rotatable bonds is 2. The fraction of sp³-hybridized carbons (Fsp3) is 1.00. The molecule has 0 aromatic rings. The van der Waals surface area contributed by atoms with Crippen molar-refractivity contribution >= 4 is 12.6 Å². The SMILES string of the molecule is OCCN1CCCC(S)C1. The predicted molar refractivity (Wildman–Crippen MR) is 45.5 cm³/mol. The van der Waals surface area contributed by atoms with Gasteiger partial charge in [0.2, 0.25) is 0 Å². The van der Waals surface area contributed by atoms with Gasteiger partial charge in [-0.3, -0.25) is 4.90 Å². The van der Waals surface area contributed by atoms with Crippen LogP contribution in [0.5, 0.6) is 0 Å². The molecule has 1 N–H and O–H groups in total. The van der Waals surface area contributed by atoms with Gasteiger partial charge in [-0.05, 0) is 19.4 Å². The van der Waals surface area contributed by atoms with Crippen LogP contribution in [0.2, 0.25) is 0 Å². The Morgan fingerprint density at radius 2 is 2.40 bits per heavy atom. The van der Waals surface area contributed by atoms with Crippen molar-refractivity contribution in [2.45, 2.75) is 18.1 Å². The third-order valence-electron chi connectivity index (χ3n) is 1.90. The Balaban J connectivity index is 2.18. The molecular formula is C7H15NOS. The number of thiol groups is 1. The van der Waals surface area contributed by atoms with Crippen LogP contribution in [0.1, 0.15) is 12.8 Å². The lowest BCUT2D eigenvalue weighted by Gasteiger charge is -2.29. The van der Waals surface area contributed by atoms with Crippen LogP contribution in [-0.2, 0) is 0 Å². The number of piperidine rings is 1. The molecule has 1 fully saturated rings. The van der Waals surface area contributed by atoms with Gasteiger partial charge in [-0.25, -0.2) is 0 Å². The molecule has 10 heavy (non-hydrogen) atoms. The fourth-order valence-corrected chi connectivity index (χ4v) is 1.79. The Hall–Kier alpha value is 0.270. The molecule has 1 aliphatic rings. The van der Waals surface area contributed by atoms with Crippen LogP contribution >= 0.6 is 12.6 Å². The van der Waals surface area contributed by atoms with E-state index in [9.17, 15) is 0 Å². The summed E-state index contributed by atoms with van der Waals surface area (Å²) in [7, 11) is 0. The molecule has 0 saturated carbocycles. The van der Waals surface area contributed by atoms with Crippen molar-refractivity contribution in [3.63, 3.8) is 0 Å². The third-order valence-corrected chi connectivity index (χ3v) is 2.32. The van der Waals surface area contributed by atoms with E-state index in [0.717, 1.165) is 19.6 Å². The van der Waals surface area contributed by atoms with Crippen molar-refractivity contribution in [2.24, 2.45) is 0 Å². The Kier molecular flexibility index (Phi) is 3.52. The number of β-amino-alcohol motifs (C(OH)–C–C–N with tert-alkyl or cyclic N) is 1. The number of hydrogen-bond acceptors (Lipinski definition) is 3. The van der Waals surface area contributed by atoms with Gasteiger partial charge in [0.25, 0.3) is 0 Å². The second-order valence-electron chi connectivity index (χ2n) is 2.82. The number of nitrogens with zero attached hydrogens (tertiary/aromatic N) is 1. The first-order valence-electron chi connectivity index (χ1n) is 3.84. The van der Waals surface area contributed by atoms with E-state index in [0.29, 0.717) is 5.25 Å². The Morgan fingerprint density at radius 1 is 1.60 bits per heavy atom. The first kappa shape index (κ1) is 8.37. The average Bonchev–Trinajstić information content (AvgIpc) is 1.88. The van der Waals surface area contributed by atoms with Crippen LogP contribution in [-0.4, -0.2) is 41.5 Å². The lowest BCUT2D eigenvalue weighted by molar-refractivity contribution is 0.176. The second kappa shape index (κ2) is 4.21. The number of likely N-dealkylation sites (tertiary alicyclic amines) is 1. The average molecular weight is 161 g/mol. The minimum Gasteiger partial charge on any atom is -0.395 e. The zero-order valence-corrected chi connectivity index (χ0v) is 7.06. The molecule has 0 amide bonds. The molecule has 0 spiro atoms. The highest BCUT2D eigenvalue weighted by atomic mass is 32.1. The van der Waals surface area contributed by atoms with E-state index in [-0.39, 0.29) is 6.61 Å². The van der Waals surface area contributed by atoms with Crippen molar-refractivity contribution in [2.75, 3.05) is 26.2 Å². The van der Waals surface area contributed by atoms with E-state index in [1.54, 1.807) is 0 Å². The molecule has 0 bridgehead atoms. The summed E-state index contributed by atoms with van der Waals surface area (Å²) in [5.41, 5.74) is 0. The molecule has 1 saturated heterocycles. The van der Waals surface area contributed by atoms with Crippen molar-refractivity contribution in [3.8, 4) is 0 Å². The zero-order valence-electron chi connectivity index (χ0n) is 6.16. The van der Waals surface area contributed by atoms with Crippen LogP contribution in [0.4, 0.5) is 0 Å². The molecule has 60 valence electrons. The van der Waals surface area contributed by atoms with Crippen LogP contribution < -0.4 is 0 Å². The molecule has 1 heterocycles. The summed E-state index contributed by atoms with van der Waals surface area (Å²) in [4.78, 5) is 2.27. The monoisotopic (exact) mass is 161 g/mol. The highest BCUT2D eigenvalue weighted by molar-refractivity contribution is 7.81. The van der Waals surface area contributed by atoms with E-state index in [2.05, 4.69) is 17.5 Å². The van der Waals surface area contributed by atoms with E-state index < -0.39 is 0 Å². The maximum atomic E-state index is 8.64. The lowest BCUT2D eigenvalue weighted by atomic mass is 10.1. The zero-order chi connectivity index (χ0) is 7.40. The van der Waals surface area contributed by atoms with Crippen LogP contribution in [0.25, 0.3) is 0 Å². The number of aliphatic hydroxyl groups excluding tert-OH is 1. The molecular weight excluding hydrogens is 146 g/mol. The van der Waals surface area contributed by atoms with Crippen molar-refractivity contribution in [3.05, 3.63) is 0 Å². The molecule has 1 atom stereocenters. The Bertz CT molecular complexity index is 97.6. The normalized spacial score (nSPS) is 28.8. The van der Waals surface area contributed by atoms with E-state index in [4.69, 9.17) is 5.11 Å². The molecule has 2 nitrogen and oxygen atoms in total. The minimum atomic E-state index is 0.278. The smallest absolute Gasteiger partial charge is 0.0558 e. The fourth-order valence-electron chi connectivity index (χ4n) is 1.38. The third kappa shape index (κ3) is 2.48. The van der Waals surface area contributed by atoms with Gasteiger partial charge in [0.05, 0.1) is 6.61 Å². The summed E-state index contributed by atoms with van der Waals surface area (Å²) in [6.07, 6.45) is 2.46. The topological polar surface area (TPSA) is 23.5 Å². The molecule has 1 rings (SSSR count). The van der Waals surface area contributed by atoms with Crippen molar-refractivity contribution in [1.82, 2.24) is 4.90 Å². The summed E-state index contributed by atoms with van der Waals surface area (Å²) in [6, 6.07) is 0. The second-order valence-corrected chi connectivity index (χ2v) is 3.55. The number of aliphatic hydroxyl groups is 1. The van der Waals surface area contributed by atoms with Crippen molar-refractivity contribution < 1.29 is 5.11 Å². The summed E-state index contributed by atoms with van der Waals surface area (Å²) >= 11 is 4.39. The van der Waals surface area contributed by atoms with Crippen LogP contribution in [0.3, 0.4) is 0 Å². The van der Waals surface area contributed by atoms with E-state index in [1.807, 2.05) is 0 Å². The van der Waals surface area contributed by atoms with E-state index in [1.165, 1.54) is 12.8 Å². The molecule has 1 aliphatic heterocycles. The summed E-state index contributed by atoms with van der Waals surface area (Å²) in [5.74, 6) is 0. The van der Waals surface area contributed by atoms with Gasteiger partial charge in [0.15, 0.2) is 0 Å². The Morgan fingerprint density at radius 3 is 3.00 bits per heavy atom. The van der Waals surface area contributed by atoms with Gasteiger partial charge in [0.1, 0.15) is 0 Å². The highest BCUT2D eigenvalue weighted by Gasteiger charge is 2.15. The predicted octanol–water partition coefficient (Wildman–Crippen LogP) is 0.373. The maximum Gasteiger partial charge on any atom is 0.0558 e. The molecule has 0 aromatic carbocycles. The quantitative estimate of drug-likeness (QED) is 0.572. The summed E-state index contributed by atoms with van der Waals surface area (Å²) < 4.78 is 0. The largest absolute Gasteiger partial charge is 0.395 e. The first-order chi connectivity index (χ1) is 4.83. The molecule has 0 aromatic heterocycles.